The molecule has 0 fully saturated rings. The fourth-order valence-electron chi connectivity index (χ4n) is 1.99. The van der Waals surface area contributed by atoms with Crippen LogP contribution in [0, 0.1) is 11.6 Å². The number of fused-ring (bicyclic) bond motifs is 1. The number of para-hydroxylation sites is 2. The smallest absolute Gasteiger partial charge is 0.257 e. The van der Waals surface area contributed by atoms with Crippen LogP contribution in [-0.2, 0) is 0 Å². The second-order valence-corrected chi connectivity index (χ2v) is 5.99. The van der Waals surface area contributed by atoms with E-state index >= 15 is 0 Å². The van der Waals surface area contributed by atoms with Crippen LogP contribution in [0.2, 0.25) is 0 Å². The van der Waals surface area contributed by atoms with Crippen LogP contribution in [0.4, 0.5) is 8.78 Å². The van der Waals surface area contributed by atoms with Crippen molar-refractivity contribution in [2.24, 2.45) is 0 Å². The van der Waals surface area contributed by atoms with Crippen LogP contribution in [0.25, 0.3) is 11.1 Å². The molecule has 0 aliphatic carbocycles. The van der Waals surface area contributed by atoms with E-state index in [0.717, 1.165) is 23.9 Å². The number of hydrogen-bond acceptors (Lipinski definition) is 4. The van der Waals surface area contributed by atoms with Crippen LogP contribution in [0.1, 0.15) is 17.3 Å². The Kier molecular flexibility index (Phi) is 3.94. The van der Waals surface area contributed by atoms with E-state index in [1.165, 1.54) is 6.07 Å². The quantitative estimate of drug-likeness (QED) is 0.526. The summed E-state index contributed by atoms with van der Waals surface area (Å²) in [6, 6.07) is 10.4. The van der Waals surface area contributed by atoms with Crippen molar-refractivity contribution in [2.75, 3.05) is 0 Å². The minimum Gasteiger partial charge on any atom is -0.431 e. The fourth-order valence-corrected chi connectivity index (χ4v) is 2.82. The van der Waals surface area contributed by atoms with E-state index in [0.29, 0.717) is 16.3 Å². The van der Waals surface area contributed by atoms with Gasteiger partial charge in [0.25, 0.3) is 5.22 Å². The van der Waals surface area contributed by atoms with Crippen molar-refractivity contribution in [1.82, 2.24) is 4.98 Å². The Morgan fingerprint density at radius 2 is 1.95 bits per heavy atom. The predicted octanol–water partition coefficient (Wildman–Crippen LogP) is 4.47. The Balaban J connectivity index is 1.79. The lowest BCUT2D eigenvalue weighted by Gasteiger charge is -2.07. The normalized spacial score (nSPS) is 12.5. The summed E-state index contributed by atoms with van der Waals surface area (Å²) in [4.78, 5) is 16.5. The second-order valence-electron chi connectivity index (χ2n) is 4.70. The zero-order valence-corrected chi connectivity index (χ0v) is 12.4. The van der Waals surface area contributed by atoms with Crippen LogP contribution in [-0.4, -0.2) is 16.0 Å². The minimum absolute atomic E-state index is 0.120. The number of hydrogen-bond donors (Lipinski definition) is 0. The van der Waals surface area contributed by atoms with E-state index in [-0.39, 0.29) is 11.3 Å². The largest absolute Gasteiger partial charge is 0.431 e. The Morgan fingerprint density at radius 1 is 1.18 bits per heavy atom. The first-order valence-corrected chi connectivity index (χ1v) is 7.44. The van der Waals surface area contributed by atoms with E-state index in [1.807, 2.05) is 18.2 Å². The average molecular weight is 319 g/mol. The zero-order chi connectivity index (χ0) is 15.7. The number of ketones is 1. The molecular formula is C16H11F2NO2S. The van der Waals surface area contributed by atoms with Gasteiger partial charge in [0.2, 0.25) is 0 Å². The number of benzene rings is 2. The van der Waals surface area contributed by atoms with Gasteiger partial charge in [-0.3, -0.25) is 4.79 Å². The molecule has 0 N–H and O–H groups in total. The van der Waals surface area contributed by atoms with Crippen LogP contribution in [0.5, 0.6) is 0 Å². The van der Waals surface area contributed by atoms with Gasteiger partial charge in [0.1, 0.15) is 5.52 Å². The first-order chi connectivity index (χ1) is 10.5. The molecule has 6 heteroatoms. The summed E-state index contributed by atoms with van der Waals surface area (Å²) in [6.07, 6.45) is 0. The first-order valence-electron chi connectivity index (χ1n) is 6.56. The number of halogens is 2. The Bertz CT molecular complexity index is 814. The molecule has 22 heavy (non-hydrogen) atoms. The molecule has 0 spiro atoms. The van der Waals surface area contributed by atoms with Gasteiger partial charge < -0.3 is 4.42 Å². The van der Waals surface area contributed by atoms with Crippen LogP contribution < -0.4 is 0 Å². The first kappa shape index (κ1) is 14.7. The van der Waals surface area contributed by atoms with Gasteiger partial charge in [-0.25, -0.2) is 13.8 Å². The van der Waals surface area contributed by atoms with Gasteiger partial charge >= 0.3 is 0 Å². The van der Waals surface area contributed by atoms with Gasteiger partial charge in [-0.05, 0) is 37.3 Å². The second kappa shape index (κ2) is 5.88. The third-order valence-corrected chi connectivity index (χ3v) is 4.07. The standard InChI is InChI=1S/C16H11F2NO2S/c1-9(15(20)10-6-7-11(17)12(18)8-10)22-16-19-13-4-2-3-5-14(13)21-16/h2-9H,1H3. The number of rotatable bonds is 4. The topological polar surface area (TPSA) is 43.1 Å². The molecule has 3 rings (SSSR count). The van der Waals surface area contributed by atoms with Crippen molar-refractivity contribution in [3.8, 4) is 0 Å². The molecule has 0 bridgehead atoms. The van der Waals surface area contributed by atoms with E-state index in [1.54, 1.807) is 13.0 Å². The molecule has 0 saturated carbocycles. The summed E-state index contributed by atoms with van der Waals surface area (Å²) >= 11 is 1.14. The monoisotopic (exact) mass is 319 g/mol. The van der Waals surface area contributed by atoms with E-state index in [2.05, 4.69) is 4.98 Å². The van der Waals surface area contributed by atoms with Gasteiger partial charge in [0.15, 0.2) is 23.0 Å². The zero-order valence-electron chi connectivity index (χ0n) is 11.5. The molecular weight excluding hydrogens is 308 g/mol. The van der Waals surface area contributed by atoms with Crippen LogP contribution >= 0.6 is 11.8 Å². The molecule has 1 heterocycles. The van der Waals surface area contributed by atoms with Crippen molar-refractivity contribution >= 4 is 28.6 Å². The average Bonchev–Trinajstić information content (AvgIpc) is 2.91. The maximum Gasteiger partial charge on any atom is 0.257 e. The summed E-state index contributed by atoms with van der Waals surface area (Å²) in [5.74, 6) is -2.33. The molecule has 0 saturated heterocycles. The maximum absolute atomic E-state index is 13.2. The third-order valence-electron chi connectivity index (χ3n) is 3.13. The fraction of sp³-hybridized carbons (Fsp3) is 0.125. The number of oxazole rings is 1. The molecule has 1 unspecified atom stereocenters. The van der Waals surface area contributed by atoms with E-state index in [4.69, 9.17) is 4.42 Å². The molecule has 1 atom stereocenters. The van der Waals surface area contributed by atoms with Crippen molar-refractivity contribution in [3.63, 3.8) is 0 Å². The minimum atomic E-state index is -1.04. The Hall–Kier alpha value is -2.21. The molecule has 0 aliphatic heterocycles. The van der Waals surface area contributed by atoms with Crippen molar-refractivity contribution in [2.45, 2.75) is 17.4 Å². The number of nitrogens with zero attached hydrogens (tertiary/aromatic N) is 1. The number of carbonyl (C=O) groups excluding carboxylic acids is 1. The van der Waals surface area contributed by atoms with Gasteiger partial charge in [0.05, 0.1) is 5.25 Å². The van der Waals surface area contributed by atoms with Crippen LogP contribution in [0.3, 0.4) is 0 Å². The lowest BCUT2D eigenvalue weighted by Crippen LogP contribution is -2.14. The molecule has 0 radical (unpaired) electrons. The van der Waals surface area contributed by atoms with Gasteiger partial charge in [-0.15, -0.1) is 0 Å². The van der Waals surface area contributed by atoms with Crippen LogP contribution in [0.15, 0.2) is 52.1 Å². The molecule has 0 amide bonds. The third kappa shape index (κ3) is 2.87. The molecule has 112 valence electrons. The molecule has 3 nitrogen and oxygen atoms in total. The lowest BCUT2D eigenvalue weighted by atomic mass is 10.1. The SMILES string of the molecule is CC(Sc1nc2ccccc2o1)C(=O)c1ccc(F)c(F)c1. The number of carbonyl (C=O) groups is 1. The highest BCUT2D eigenvalue weighted by Crippen LogP contribution is 2.28. The summed E-state index contributed by atoms with van der Waals surface area (Å²) in [5.41, 5.74) is 1.46. The Labute approximate surface area is 129 Å². The number of Topliss-reactive ketones (excluding diaryl/α,β-unsaturated/α-hetero) is 1. The van der Waals surface area contributed by atoms with E-state index in [9.17, 15) is 13.6 Å². The van der Waals surface area contributed by atoms with Crippen molar-refractivity contribution < 1.29 is 18.0 Å². The van der Waals surface area contributed by atoms with E-state index < -0.39 is 16.9 Å². The summed E-state index contributed by atoms with van der Waals surface area (Å²) in [6.45, 7) is 1.67. The maximum atomic E-state index is 13.2. The molecule has 3 aromatic rings. The van der Waals surface area contributed by atoms with Gasteiger partial charge in [0, 0.05) is 5.56 Å². The molecule has 1 aromatic heterocycles. The highest BCUT2D eigenvalue weighted by atomic mass is 32.2. The summed E-state index contributed by atoms with van der Waals surface area (Å²) < 4.78 is 31.6. The number of thioether (sulfide) groups is 1. The summed E-state index contributed by atoms with van der Waals surface area (Å²) in [7, 11) is 0. The van der Waals surface area contributed by atoms with Crippen molar-refractivity contribution in [1.29, 1.82) is 0 Å². The van der Waals surface area contributed by atoms with Gasteiger partial charge in [-0.1, -0.05) is 23.9 Å². The van der Waals surface area contributed by atoms with Crippen molar-refractivity contribution in [3.05, 3.63) is 59.7 Å². The number of aromatic nitrogens is 1. The lowest BCUT2D eigenvalue weighted by molar-refractivity contribution is 0.0993. The molecule has 2 aromatic carbocycles. The van der Waals surface area contributed by atoms with Gasteiger partial charge in [-0.2, -0.15) is 0 Å². The Morgan fingerprint density at radius 3 is 2.68 bits per heavy atom. The highest BCUT2D eigenvalue weighted by molar-refractivity contribution is 8.00. The molecule has 0 aliphatic rings. The predicted molar refractivity (Wildman–Crippen MR) is 80.0 cm³/mol. The summed E-state index contributed by atoms with van der Waals surface area (Å²) in [5, 5.41) is -0.164. The highest BCUT2D eigenvalue weighted by Gasteiger charge is 2.20.